The normalized spacial score (nSPS) is 10.1. The van der Waals surface area contributed by atoms with Gasteiger partial charge in [0.1, 0.15) is 5.75 Å². The molecule has 2 rings (SSSR count). The van der Waals surface area contributed by atoms with Gasteiger partial charge in [-0.2, -0.15) is 0 Å². The molecule has 0 bridgehead atoms. The summed E-state index contributed by atoms with van der Waals surface area (Å²) in [5.74, 6) is 0.413. The van der Waals surface area contributed by atoms with Crippen LogP contribution in [-0.4, -0.2) is 12.5 Å². The summed E-state index contributed by atoms with van der Waals surface area (Å²) in [6.07, 6.45) is 0. The fourth-order valence-corrected chi connectivity index (χ4v) is 1.76. The topological polar surface area (TPSA) is 64.3 Å². The quantitative estimate of drug-likeness (QED) is 0.832. The standard InChI is InChI=1S/C15H15ClN2O2/c16-12-4-6-14(7-5-12)20-10-15(19)18-9-11-2-1-3-13(17)8-11/h1-8H,9-10,17H2,(H,18,19). The van der Waals surface area contributed by atoms with E-state index in [-0.39, 0.29) is 12.5 Å². The van der Waals surface area contributed by atoms with Crippen LogP contribution in [0.5, 0.6) is 5.75 Å². The second kappa shape index (κ2) is 6.82. The van der Waals surface area contributed by atoms with Gasteiger partial charge in [0, 0.05) is 17.3 Å². The second-order valence-electron chi connectivity index (χ2n) is 4.26. The summed E-state index contributed by atoms with van der Waals surface area (Å²) in [6, 6.07) is 14.2. The molecule has 104 valence electrons. The third-order valence-electron chi connectivity index (χ3n) is 2.62. The zero-order chi connectivity index (χ0) is 14.4. The molecule has 2 aromatic rings. The predicted molar refractivity (Wildman–Crippen MR) is 79.6 cm³/mol. The fourth-order valence-electron chi connectivity index (χ4n) is 1.63. The van der Waals surface area contributed by atoms with Crippen LogP contribution in [0.1, 0.15) is 5.56 Å². The molecular weight excluding hydrogens is 276 g/mol. The molecule has 0 aliphatic heterocycles. The molecule has 5 heteroatoms. The van der Waals surface area contributed by atoms with Crippen LogP contribution in [0.3, 0.4) is 0 Å². The fraction of sp³-hybridized carbons (Fsp3) is 0.133. The van der Waals surface area contributed by atoms with E-state index in [0.29, 0.717) is 23.0 Å². The average molecular weight is 291 g/mol. The molecule has 20 heavy (non-hydrogen) atoms. The highest BCUT2D eigenvalue weighted by Gasteiger charge is 2.03. The van der Waals surface area contributed by atoms with E-state index < -0.39 is 0 Å². The number of hydrogen-bond donors (Lipinski definition) is 2. The number of amides is 1. The summed E-state index contributed by atoms with van der Waals surface area (Å²) in [7, 11) is 0. The van der Waals surface area contributed by atoms with Gasteiger partial charge >= 0.3 is 0 Å². The molecule has 4 nitrogen and oxygen atoms in total. The van der Waals surface area contributed by atoms with Gasteiger partial charge in [0.15, 0.2) is 6.61 Å². The Morgan fingerprint density at radius 3 is 2.65 bits per heavy atom. The summed E-state index contributed by atoms with van der Waals surface area (Å²) in [5.41, 5.74) is 7.29. The van der Waals surface area contributed by atoms with Gasteiger partial charge in [0.25, 0.3) is 5.91 Å². The van der Waals surface area contributed by atoms with Gasteiger partial charge in [-0.3, -0.25) is 4.79 Å². The lowest BCUT2D eigenvalue weighted by Crippen LogP contribution is -2.28. The van der Waals surface area contributed by atoms with E-state index in [2.05, 4.69) is 5.32 Å². The van der Waals surface area contributed by atoms with Crippen molar-refractivity contribution in [3.8, 4) is 5.75 Å². The molecule has 0 fully saturated rings. The maximum absolute atomic E-state index is 11.6. The van der Waals surface area contributed by atoms with Crippen LogP contribution < -0.4 is 15.8 Å². The third-order valence-corrected chi connectivity index (χ3v) is 2.88. The Kier molecular flexibility index (Phi) is 4.85. The van der Waals surface area contributed by atoms with Crippen molar-refractivity contribution in [2.75, 3.05) is 12.3 Å². The number of rotatable bonds is 5. The average Bonchev–Trinajstić information content (AvgIpc) is 2.45. The number of anilines is 1. The minimum Gasteiger partial charge on any atom is -0.484 e. The van der Waals surface area contributed by atoms with Crippen LogP contribution in [0, 0.1) is 0 Å². The Morgan fingerprint density at radius 2 is 1.95 bits per heavy atom. The van der Waals surface area contributed by atoms with Gasteiger partial charge in [0.2, 0.25) is 0 Å². The zero-order valence-electron chi connectivity index (χ0n) is 10.8. The van der Waals surface area contributed by atoms with Gasteiger partial charge in [-0.1, -0.05) is 23.7 Å². The summed E-state index contributed by atoms with van der Waals surface area (Å²) in [4.78, 5) is 11.6. The van der Waals surface area contributed by atoms with Crippen molar-refractivity contribution in [3.05, 3.63) is 59.1 Å². The first-order valence-electron chi connectivity index (χ1n) is 6.13. The van der Waals surface area contributed by atoms with E-state index >= 15 is 0 Å². The van der Waals surface area contributed by atoms with Crippen LogP contribution in [0.25, 0.3) is 0 Å². The molecule has 0 aromatic heterocycles. The number of ether oxygens (including phenoxy) is 1. The van der Waals surface area contributed by atoms with Gasteiger partial charge in [0.05, 0.1) is 0 Å². The Bertz CT molecular complexity index is 585. The molecule has 0 saturated heterocycles. The Labute approximate surface area is 122 Å². The highest BCUT2D eigenvalue weighted by Crippen LogP contribution is 2.15. The first kappa shape index (κ1) is 14.2. The molecule has 0 aliphatic rings. The van der Waals surface area contributed by atoms with Gasteiger partial charge in [-0.05, 0) is 42.0 Å². The first-order chi connectivity index (χ1) is 9.63. The van der Waals surface area contributed by atoms with Crippen LogP contribution in [0.4, 0.5) is 5.69 Å². The minimum absolute atomic E-state index is 0.0377. The van der Waals surface area contributed by atoms with Gasteiger partial charge in [-0.25, -0.2) is 0 Å². The van der Waals surface area contributed by atoms with Crippen molar-refractivity contribution in [1.82, 2.24) is 5.32 Å². The van der Waals surface area contributed by atoms with Crippen molar-refractivity contribution in [2.24, 2.45) is 0 Å². The van der Waals surface area contributed by atoms with E-state index in [1.807, 2.05) is 18.2 Å². The molecule has 0 spiro atoms. The summed E-state index contributed by atoms with van der Waals surface area (Å²) in [6.45, 7) is 0.387. The summed E-state index contributed by atoms with van der Waals surface area (Å²) >= 11 is 5.76. The number of carbonyl (C=O) groups excluding carboxylic acids is 1. The van der Waals surface area contributed by atoms with Crippen molar-refractivity contribution in [3.63, 3.8) is 0 Å². The van der Waals surface area contributed by atoms with Crippen LogP contribution in [0.2, 0.25) is 5.02 Å². The number of nitrogens with two attached hydrogens (primary N) is 1. The number of carbonyl (C=O) groups is 1. The summed E-state index contributed by atoms with van der Waals surface area (Å²) in [5, 5.41) is 3.39. The molecule has 0 atom stereocenters. The van der Waals surface area contributed by atoms with Crippen LogP contribution in [-0.2, 0) is 11.3 Å². The zero-order valence-corrected chi connectivity index (χ0v) is 11.6. The predicted octanol–water partition coefficient (Wildman–Crippen LogP) is 2.62. The Morgan fingerprint density at radius 1 is 1.20 bits per heavy atom. The summed E-state index contributed by atoms with van der Waals surface area (Å²) < 4.78 is 5.34. The lowest BCUT2D eigenvalue weighted by atomic mass is 10.2. The van der Waals surface area contributed by atoms with Crippen LogP contribution in [0.15, 0.2) is 48.5 Å². The highest BCUT2D eigenvalue weighted by molar-refractivity contribution is 6.30. The van der Waals surface area contributed by atoms with Crippen molar-refractivity contribution in [2.45, 2.75) is 6.54 Å². The molecule has 3 N–H and O–H groups in total. The number of halogens is 1. The van der Waals surface area contributed by atoms with E-state index in [4.69, 9.17) is 22.1 Å². The van der Waals surface area contributed by atoms with E-state index in [1.54, 1.807) is 30.3 Å². The SMILES string of the molecule is Nc1cccc(CNC(=O)COc2ccc(Cl)cc2)c1. The molecule has 1 amide bonds. The van der Waals surface area contributed by atoms with Gasteiger partial charge in [-0.15, -0.1) is 0 Å². The second-order valence-corrected chi connectivity index (χ2v) is 4.70. The molecule has 0 unspecified atom stereocenters. The van der Waals surface area contributed by atoms with E-state index in [1.165, 1.54) is 0 Å². The number of nitrogens with one attached hydrogen (secondary N) is 1. The molecule has 0 aliphatic carbocycles. The highest BCUT2D eigenvalue weighted by atomic mass is 35.5. The molecule has 2 aromatic carbocycles. The molecule has 0 heterocycles. The van der Waals surface area contributed by atoms with Crippen LogP contribution >= 0.6 is 11.6 Å². The monoisotopic (exact) mass is 290 g/mol. The first-order valence-corrected chi connectivity index (χ1v) is 6.51. The molecule has 0 radical (unpaired) electrons. The largest absolute Gasteiger partial charge is 0.484 e. The Hall–Kier alpha value is -2.20. The lowest BCUT2D eigenvalue weighted by molar-refractivity contribution is -0.123. The number of benzene rings is 2. The molecule has 0 saturated carbocycles. The smallest absolute Gasteiger partial charge is 0.258 e. The van der Waals surface area contributed by atoms with E-state index in [0.717, 1.165) is 5.56 Å². The maximum Gasteiger partial charge on any atom is 0.258 e. The maximum atomic E-state index is 11.6. The number of hydrogen-bond acceptors (Lipinski definition) is 3. The van der Waals surface area contributed by atoms with Crippen molar-refractivity contribution in [1.29, 1.82) is 0 Å². The van der Waals surface area contributed by atoms with Crippen molar-refractivity contribution >= 4 is 23.2 Å². The van der Waals surface area contributed by atoms with Gasteiger partial charge < -0.3 is 15.8 Å². The minimum atomic E-state index is -0.192. The third kappa shape index (κ3) is 4.48. The molecular formula is C15H15ClN2O2. The Balaban J connectivity index is 1.77. The lowest BCUT2D eigenvalue weighted by Gasteiger charge is -2.08. The van der Waals surface area contributed by atoms with E-state index in [9.17, 15) is 4.79 Å². The number of nitrogen functional groups attached to an aromatic ring is 1. The van der Waals surface area contributed by atoms with Crippen molar-refractivity contribution < 1.29 is 9.53 Å².